The van der Waals surface area contributed by atoms with E-state index in [1.165, 1.54) is 0 Å². The Morgan fingerprint density at radius 3 is 2.55 bits per heavy atom. The van der Waals surface area contributed by atoms with E-state index in [4.69, 9.17) is 4.98 Å². The van der Waals surface area contributed by atoms with Crippen molar-refractivity contribution in [3.05, 3.63) is 71.5 Å². The lowest BCUT2D eigenvalue weighted by molar-refractivity contribution is -0.119. The van der Waals surface area contributed by atoms with Crippen molar-refractivity contribution < 1.29 is 14.1 Å². The molecule has 168 valence electrons. The van der Waals surface area contributed by atoms with Gasteiger partial charge in [0.2, 0.25) is 5.91 Å². The molecule has 0 saturated carbocycles. The van der Waals surface area contributed by atoms with Crippen LogP contribution in [0.1, 0.15) is 34.5 Å². The Hall–Kier alpha value is -3.43. The summed E-state index contributed by atoms with van der Waals surface area (Å²) in [6.45, 7) is 1.83. The van der Waals surface area contributed by atoms with E-state index in [2.05, 4.69) is 4.98 Å². The van der Waals surface area contributed by atoms with E-state index in [1.54, 1.807) is 47.6 Å². The zero-order chi connectivity index (χ0) is 23.4. The molecule has 0 aliphatic carbocycles. The lowest BCUT2D eigenvalue weighted by Crippen LogP contribution is -2.49. The van der Waals surface area contributed by atoms with Gasteiger partial charge in [-0.15, -0.1) is 0 Å². The summed E-state index contributed by atoms with van der Waals surface area (Å²) in [7, 11) is 3.55. The minimum absolute atomic E-state index is 0.0208. The molecule has 1 aromatic carbocycles. The van der Waals surface area contributed by atoms with Crippen molar-refractivity contribution >= 4 is 40.3 Å². The third kappa shape index (κ3) is 3.19. The first-order valence-corrected chi connectivity index (χ1v) is 12.1. The molecule has 0 saturated heterocycles. The number of pyridine rings is 2. The average molecular weight is 462 g/mol. The fraction of sp³-hybridized carbons (Fsp3) is 0.250. The number of anilines is 3. The Labute approximate surface area is 195 Å². The normalized spacial score (nSPS) is 20.7. The minimum Gasteiger partial charge on any atom is -0.612 e. The van der Waals surface area contributed by atoms with Crippen LogP contribution in [0, 0.1) is 0 Å². The van der Waals surface area contributed by atoms with Gasteiger partial charge in [-0.25, -0.2) is 4.98 Å². The van der Waals surface area contributed by atoms with Crippen molar-refractivity contribution in [3.63, 3.8) is 0 Å². The van der Waals surface area contributed by atoms with Gasteiger partial charge in [0, 0.05) is 26.5 Å². The third-order valence-corrected chi connectivity index (χ3v) is 7.36. The molecule has 4 heterocycles. The number of hydrogen-bond donors (Lipinski definition) is 0. The molecule has 2 aromatic heterocycles. The molecule has 0 spiro atoms. The Morgan fingerprint density at radius 1 is 1.06 bits per heavy atom. The number of likely N-dealkylation sites (N-methyl/N-ethyl adjacent to an activating group) is 2. The van der Waals surface area contributed by atoms with Gasteiger partial charge in [-0.2, -0.15) is 0 Å². The number of carbonyl (C=O) groups excluding carboxylic acids is 2. The summed E-state index contributed by atoms with van der Waals surface area (Å²) in [6, 6.07) is 11.9. The lowest BCUT2D eigenvalue weighted by Gasteiger charge is -2.37. The van der Waals surface area contributed by atoms with Gasteiger partial charge >= 0.3 is 0 Å². The van der Waals surface area contributed by atoms with Crippen LogP contribution in [0.15, 0.2) is 59.8 Å². The van der Waals surface area contributed by atoms with Gasteiger partial charge in [0.25, 0.3) is 5.91 Å². The van der Waals surface area contributed by atoms with Crippen LogP contribution in [0.2, 0.25) is 0 Å². The van der Waals surface area contributed by atoms with Crippen molar-refractivity contribution in [1.29, 1.82) is 0 Å². The van der Waals surface area contributed by atoms with Crippen molar-refractivity contribution in [2.75, 3.05) is 35.1 Å². The molecule has 5 rings (SSSR count). The molecule has 33 heavy (non-hydrogen) atoms. The SMILES string of the molecule is C[C@@H]1C(=O)N(C)c2ccc(N3C(=O)c4c(cccc4[S+](C)[O-])C3c3cccnc3)nc2N1C. The summed E-state index contributed by atoms with van der Waals surface area (Å²) in [6.07, 6.45) is 4.99. The molecule has 3 atom stereocenters. The van der Waals surface area contributed by atoms with Gasteiger partial charge in [0.15, 0.2) is 10.7 Å². The second kappa shape index (κ2) is 7.86. The largest absolute Gasteiger partial charge is 0.612 e. The molecule has 3 aromatic rings. The third-order valence-electron chi connectivity index (χ3n) is 6.40. The molecule has 2 aliphatic heterocycles. The van der Waals surface area contributed by atoms with E-state index in [1.807, 2.05) is 49.2 Å². The van der Waals surface area contributed by atoms with Crippen LogP contribution >= 0.6 is 0 Å². The second-order valence-corrected chi connectivity index (χ2v) is 9.58. The number of nitrogens with zero attached hydrogens (tertiary/aromatic N) is 5. The van der Waals surface area contributed by atoms with Crippen molar-refractivity contribution in [3.8, 4) is 0 Å². The van der Waals surface area contributed by atoms with Crippen LogP contribution in [0.4, 0.5) is 17.3 Å². The quantitative estimate of drug-likeness (QED) is 0.557. The monoisotopic (exact) mass is 461 g/mol. The Bertz CT molecular complexity index is 1270. The second-order valence-electron chi connectivity index (χ2n) is 8.23. The van der Waals surface area contributed by atoms with Crippen LogP contribution in [0.3, 0.4) is 0 Å². The molecular weight excluding hydrogens is 438 g/mol. The van der Waals surface area contributed by atoms with Crippen LogP contribution < -0.4 is 14.7 Å². The molecular formula is C24H23N5O3S. The van der Waals surface area contributed by atoms with Gasteiger partial charge in [0.1, 0.15) is 23.7 Å². The number of benzene rings is 1. The van der Waals surface area contributed by atoms with Gasteiger partial charge in [-0.3, -0.25) is 19.5 Å². The molecule has 0 radical (unpaired) electrons. The van der Waals surface area contributed by atoms with Gasteiger partial charge in [-0.05, 0) is 53.5 Å². The highest BCUT2D eigenvalue weighted by atomic mass is 32.2. The van der Waals surface area contributed by atoms with E-state index >= 15 is 0 Å². The first-order chi connectivity index (χ1) is 15.8. The summed E-state index contributed by atoms with van der Waals surface area (Å²) in [5.41, 5.74) is 2.73. The van der Waals surface area contributed by atoms with Crippen LogP contribution in [0.25, 0.3) is 0 Å². The van der Waals surface area contributed by atoms with Crippen LogP contribution in [0.5, 0.6) is 0 Å². The van der Waals surface area contributed by atoms with Gasteiger partial charge < -0.3 is 14.4 Å². The highest BCUT2D eigenvalue weighted by Gasteiger charge is 2.43. The molecule has 2 unspecified atom stereocenters. The molecule has 2 aliphatic rings. The maximum Gasteiger partial charge on any atom is 0.265 e. The first kappa shape index (κ1) is 21.4. The fourth-order valence-electron chi connectivity index (χ4n) is 4.56. The number of fused-ring (bicyclic) bond motifs is 2. The van der Waals surface area contributed by atoms with Gasteiger partial charge in [0.05, 0.1) is 11.7 Å². The topological polar surface area (TPSA) is 92.7 Å². The van der Waals surface area contributed by atoms with E-state index < -0.39 is 17.2 Å². The number of rotatable bonds is 3. The highest BCUT2D eigenvalue weighted by molar-refractivity contribution is 7.90. The number of aromatic nitrogens is 2. The van der Waals surface area contributed by atoms with Crippen LogP contribution in [-0.2, 0) is 16.0 Å². The average Bonchev–Trinajstić information content (AvgIpc) is 3.14. The highest BCUT2D eigenvalue weighted by Crippen LogP contribution is 2.44. The predicted molar refractivity (Wildman–Crippen MR) is 127 cm³/mol. The lowest BCUT2D eigenvalue weighted by atomic mass is 9.99. The summed E-state index contributed by atoms with van der Waals surface area (Å²) in [4.78, 5) is 41.0. The van der Waals surface area contributed by atoms with Crippen molar-refractivity contribution in [1.82, 2.24) is 9.97 Å². The first-order valence-electron chi connectivity index (χ1n) is 10.5. The summed E-state index contributed by atoms with van der Waals surface area (Å²) in [5, 5.41) is 0. The Kier molecular flexibility index (Phi) is 5.10. The summed E-state index contributed by atoms with van der Waals surface area (Å²) in [5.74, 6) is 0.800. The molecule has 9 heteroatoms. The standard InChI is InChI=1S/C24H23N5O3S/c1-14-23(30)28(3)17-10-11-19(26-22(17)27(14)2)29-21(15-7-6-12-25-13-15)16-8-5-9-18(33(4)32)20(16)24(29)31/h5-14,21H,1-4H3/t14-,21?,33?/m1/s1. The maximum atomic E-state index is 13.8. The molecule has 0 bridgehead atoms. The molecule has 2 amide bonds. The van der Waals surface area contributed by atoms with Crippen molar-refractivity contribution in [2.24, 2.45) is 0 Å². The summed E-state index contributed by atoms with van der Waals surface area (Å²) < 4.78 is 12.4. The van der Waals surface area contributed by atoms with Gasteiger partial charge in [-0.1, -0.05) is 18.2 Å². The van der Waals surface area contributed by atoms with E-state index in [9.17, 15) is 14.1 Å². The fourth-order valence-corrected chi connectivity index (χ4v) is 5.32. The van der Waals surface area contributed by atoms with E-state index in [0.29, 0.717) is 27.8 Å². The zero-order valence-corrected chi connectivity index (χ0v) is 19.5. The molecule has 0 N–H and O–H groups in total. The zero-order valence-electron chi connectivity index (χ0n) is 18.7. The molecule has 8 nitrogen and oxygen atoms in total. The number of carbonyl (C=O) groups is 2. The maximum absolute atomic E-state index is 13.8. The molecule has 0 fully saturated rings. The van der Waals surface area contributed by atoms with Crippen LogP contribution in [-0.4, -0.2) is 52.7 Å². The Morgan fingerprint density at radius 2 is 1.85 bits per heavy atom. The number of amides is 2. The Balaban J connectivity index is 1.70. The smallest absolute Gasteiger partial charge is 0.265 e. The minimum atomic E-state index is -1.33. The number of hydrogen-bond acceptors (Lipinski definition) is 6. The van der Waals surface area contributed by atoms with E-state index in [0.717, 1.165) is 11.1 Å². The van der Waals surface area contributed by atoms with E-state index in [-0.39, 0.29) is 17.9 Å². The summed E-state index contributed by atoms with van der Waals surface area (Å²) >= 11 is -1.33. The predicted octanol–water partition coefficient (Wildman–Crippen LogP) is 2.76. The van der Waals surface area contributed by atoms with Crippen molar-refractivity contribution in [2.45, 2.75) is 23.9 Å².